The topological polar surface area (TPSA) is 203 Å². The number of rotatable bonds is 10. The lowest BCUT2D eigenvalue weighted by Crippen LogP contribution is -2.49. The molecule has 1 heterocycles. The third-order valence-electron chi connectivity index (χ3n) is 3.78. The molecular formula is C15H25N7O5. The van der Waals surface area contributed by atoms with Gasteiger partial charge in [0.25, 0.3) is 5.56 Å². The molecule has 1 amide bonds. The molecule has 8 N–H and O–H groups in total. The van der Waals surface area contributed by atoms with E-state index >= 15 is 0 Å². The summed E-state index contributed by atoms with van der Waals surface area (Å²) in [6, 6.07) is -1.14. The first-order valence-corrected chi connectivity index (χ1v) is 8.25. The van der Waals surface area contributed by atoms with Crippen LogP contribution in [0, 0.1) is 6.92 Å². The first-order chi connectivity index (χ1) is 12.7. The van der Waals surface area contributed by atoms with E-state index in [-0.39, 0.29) is 37.6 Å². The van der Waals surface area contributed by atoms with Crippen molar-refractivity contribution in [3.05, 3.63) is 32.6 Å². The van der Waals surface area contributed by atoms with Crippen LogP contribution in [0.1, 0.15) is 18.4 Å². The van der Waals surface area contributed by atoms with Crippen LogP contribution in [0.15, 0.2) is 20.8 Å². The average Bonchev–Trinajstić information content (AvgIpc) is 2.57. The van der Waals surface area contributed by atoms with Crippen LogP contribution in [-0.2, 0) is 16.1 Å². The van der Waals surface area contributed by atoms with E-state index in [9.17, 15) is 24.3 Å². The van der Waals surface area contributed by atoms with Crippen molar-refractivity contribution in [3.63, 3.8) is 0 Å². The summed E-state index contributed by atoms with van der Waals surface area (Å²) in [6.45, 7) is 1.32. The molecule has 0 bridgehead atoms. The van der Waals surface area contributed by atoms with Gasteiger partial charge in [-0.3, -0.25) is 24.1 Å². The van der Waals surface area contributed by atoms with Crippen molar-refractivity contribution in [2.75, 3.05) is 19.6 Å². The number of hydrogen-bond acceptors (Lipinski definition) is 6. The van der Waals surface area contributed by atoms with Crippen LogP contribution >= 0.6 is 0 Å². The lowest BCUT2D eigenvalue weighted by Gasteiger charge is -2.29. The summed E-state index contributed by atoms with van der Waals surface area (Å²) in [7, 11) is 0. The average molecular weight is 383 g/mol. The number of nitrogens with one attached hydrogen (secondary N) is 1. The van der Waals surface area contributed by atoms with Gasteiger partial charge in [-0.2, -0.15) is 0 Å². The summed E-state index contributed by atoms with van der Waals surface area (Å²) in [5.74, 6) is -1.92. The maximum atomic E-state index is 12.6. The van der Waals surface area contributed by atoms with E-state index in [4.69, 9.17) is 17.2 Å². The van der Waals surface area contributed by atoms with Gasteiger partial charge in [0.2, 0.25) is 5.91 Å². The molecule has 0 fully saturated rings. The quantitative estimate of drug-likeness (QED) is 0.161. The largest absolute Gasteiger partial charge is 0.480 e. The number of guanidine groups is 1. The molecule has 0 aliphatic heterocycles. The first kappa shape index (κ1) is 21.9. The number of carbonyl (C=O) groups is 2. The van der Waals surface area contributed by atoms with E-state index in [1.54, 1.807) is 0 Å². The summed E-state index contributed by atoms with van der Waals surface area (Å²) in [5.41, 5.74) is 14.9. The van der Waals surface area contributed by atoms with Crippen LogP contribution in [0.25, 0.3) is 0 Å². The minimum absolute atomic E-state index is 0.00478. The van der Waals surface area contributed by atoms with E-state index in [0.717, 1.165) is 9.47 Å². The van der Waals surface area contributed by atoms with Gasteiger partial charge in [-0.1, -0.05) is 0 Å². The number of H-pyrrole nitrogens is 1. The zero-order valence-electron chi connectivity index (χ0n) is 15.1. The number of aromatic amines is 1. The monoisotopic (exact) mass is 383 g/mol. The van der Waals surface area contributed by atoms with Crippen LogP contribution in [0.5, 0.6) is 0 Å². The van der Waals surface area contributed by atoms with Crippen molar-refractivity contribution in [1.82, 2.24) is 14.5 Å². The van der Waals surface area contributed by atoms with Crippen molar-refractivity contribution < 1.29 is 14.7 Å². The molecule has 1 rings (SSSR count). The molecule has 0 saturated heterocycles. The van der Waals surface area contributed by atoms with Crippen LogP contribution in [-0.4, -0.2) is 63.1 Å². The highest BCUT2D eigenvalue weighted by Crippen LogP contribution is 2.09. The molecule has 1 atom stereocenters. The Morgan fingerprint density at radius 3 is 2.59 bits per heavy atom. The summed E-state index contributed by atoms with van der Waals surface area (Å²) < 4.78 is 1.01. The number of carboxylic acid groups (broad SMARTS) is 1. The number of carboxylic acids is 1. The van der Waals surface area contributed by atoms with Gasteiger partial charge in [-0.05, 0) is 19.8 Å². The van der Waals surface area contributed by atoms with Crippen LogP contribution < -0.4 is 28.5 Å². The molecule has 150 valence electrons. The number of aryl methyl sites for hydroxylation is 1. The number of amides is 1. The SMILES string of the molecule is Cc1cn(CC(=O)N(CCN)[C@H](CCCN=C(N)N)C(=O)O)c(=O)[nH]c1=O. The third-order valence-corrected chi connectivity index (χ3v) is 3.78. The molecule has 0 aromatic carbocycles. The fourth-order valence-corrected chi connectivity index (χ4v) is 2.47. The smallest absolute Gasteiger partial charge is 0.328 e. The maximum absolute atomic E-state index is 12.6. The Labute approximate surface area is 154 Å². The zero-order chi connectivity index (χ0) is 20.6. The molecule has 12 heteroatoms. The summed E-state index contributed by atoms with van der Waals surface area (Å²) in [5, 5.41) is 9.49. The molecule has 0 unspecified atom stereocenters. The van der Waals surface area contributed by atoms with Gasteiger partial charge >= 0.3 is 11.7 Å². The fraction of sp³-hybridized carbons (Fsp3) is 0.533. The first-order valence-electron chi connectivity index (χ1n) is 8.25. The van der Waals surface area contributed by atoms with Crippen molar-refractivity contribution in [2.45, 2.75) is 32.4 Å². The molecule has 1 aromatic heterocycles. The molecule has 0 spiro atoms. The highest BCUT2D eigenvalue weighted by atomic mass is 16.4. The number of nitrogens with two attached hydrogens (primary N) is 3. The van der Waals surface area contributed by atoms with Crippen molar-refractivity contribution in [1.29, 1.82) is 0 Å². The molecule has 0 saturated carbocycles. The summed E-state index contributed by atoms with van der Waals surface area (Å²) in [6.07, 6.45) is 1.69. The second kappa shape index (κ2) is 10.1. The van der Waals surface area contributed by atoms with E-state index in [1.807, 2.05) is 0 Å². The Morgan fingerprint density at radius 1 is 1.37 bits per heavy atom. The number of carbonyl (C=O) groups excluding carboxylic acids is 1. The molecule has 0 radical (unpaired) electrons. The van der Waals surface area contributed by atoms with Gasteiger partial charge in [0.15, 0.2) is 5.96 Å². The lowest BCUT2D eigenvalue weighted by atomic mass is 10.1. The molecule has 0 aliphatic carbocycles. The van der Waals surface area contributed by atoms with E-state index in [1.165, 1.54) is 13.1 Å². The van der Waals surface area contributed by atoms with E-state index < -0.39 is 35.7 Å². The van der Waals surface area contributed by atoms with E-state index in [0.29, 0.717) is 6.42 Å². The predicted molar refractivity (Wildman–Crippen MR) is 98.2 cm³/mol. The molecule has 0 aliphatic rings. The Bertz CT molecular complexity index is 810. The predicted octanol–water partition coefficient (Wildman–Crippen LogP) is -2.86. The fourth-order valence-electron chi connectivity index (χ4n) is 2.47. The van der Waals surface area contributed by atoms with Crippen molar-refractivity contribution in [3.8, 4) is 0 Å². The van der Waals surface area contributed by atoms with Crippen LogP contribution in [0.2, 0.25) is 0 Å². The van der Waals surface area contributed by atoms with E-state index in [2.05, 4.69) is 9.98 Å². The third kappa shape index (κ3) is 6.58. The Morgan fingerprint density at radius 2 is 2.04 bits per heavy atom. The number of aliphatic carboxylic acids is 1. The van der Waals surface area contributed by atoms with Gasteiger partial charge in [-0.25, -0.2) is 9.59 Å². The van der Waals surface area contributed by atoms with Gasteiger partial charge in [0.1, 0.15) is 12.6 Å². The summed E-state index contributed by atoms with van der Waals surface area (Å²) >= 11 is 0. The van der Waals surface area contributed by atoms with Gasteiger partial charge in [0.05, 0.1) is 0 Å². The van der Waals surface area contributed by atoms with Gasteiger partial charge in [0, 0.05) is 31.4 Å². The molecule has 27 heavy (non-hydrogen) atoms. The summed E-state index contributed by atoms with van der Waals surface area (Å²) in [4.78, 5) is 54.5. The zero-order valence-corrected chi connectivity index (χ0v) is 15.1. The second-order valence-electron chi connectivity index (χ2n) is 5.88. The normalized spacial score (nSPS) is 11.6. The van der Waals surface area contributed by atoms with Gasteiger partial charge in [-0.15, -0.1) is 0 Å². The molecule has 12 nitrogen and oxygen atoms in total. The minimum Gasteiger partial charge on any atom is -0.480 e. The number of aromatic nitrogens is 2. The number of nitrogens with zero attached hydrogens (tertiary/aromatic N) is 3. The van der Waals surface area contributed by atoms with Crippen LogP contribution in [0.3, 0.4) is 0 Å². The van der Waals surface area contributed by atoms with Crippen molar-refractivity contribution >= 4 is 17.8 Å². The number of hydrogen-bond donors (Lipinski definition) is 5. The number of aliphatic imine (C=N–C) groups is 1. The van der Waals surface area contributed by atoms with Crippen LogP contribution in [0.4, 0.5) is 0 Å². The standard InChI is InChI=1S/C15H25N7O5/c1-9-7-21(15(27)20-12(9)24)8-11(23)22(6-4-16)10(13(25)26)3-2-5-19-14(17)18/h7,10H,2-6,8,16H2,1H3,(H,25,26)(H4,17,18,19)(H,20,24,27)/t10-/m1/s1. The Balaban J connectivity index is 2.98. The minimum atomic E-state index is -1.20. The molecule has 1 aromatic rings. The lowest BCUT2D eigenvalue weighted by molar-refractivity contribution is -0.150. The van der Waals surface area contributed by atoms with Gasteiger partial charge < -0.3 is 27.2 Å². The second-order valence-corrected chi connectivity index (χ2v) is 5.88. The highest BCUT2D eigenvalue weighted by molar-refractivity contribution is 5.83. The van der Waals surface area contributed by atoms with Crippen molar-refractivity contribution in [2.24, 2.45) is 22.2 Å². The highest BCUT2D eigenvalue weighted by Gasteiger charge is 2.29. The molecular weight excluding hydrogens is 358 g/mol. The Hall–Kier alpha value is -3.15. The maximum Gasteiger partial charge on any atom is 0.328 e. The Kier molecular flexibility index (Phi) is 8.20.